The molecule has 0 fully saturated rings. The second-order valence-corrected chi connectivity index (χ2v) is 7.13. The minimum atomic E-state index is -0.402. The number of benzene rings is 2. The molecule has 0 atom stereocenters. The van der Waals surface area contributed by atoms with Gasteiger partial charge >= 0.3 is 0 Å². The van der Waals surface area contributed by atoms with Crippen LogP contribution in [0.4, 0.5) is 0 Å². The van der Waals surface area contributed by atoms with Crippen LogP contribution in [0.2, 0.25) is 0 Å². The minimum Gasteiger partial charge on any atom is -0.295 e. The topological polar surface area (TPSA) is 46.2 Å². The van der Waals surface area contributed by atoms with Crippen LogP contribution in [0.3, 0.4) is 0 Å². The fourth-order valence-corrected chi connectivity index (χ4v) is 3.68. The Morgan fingerprint density at radius 1 is 0.957 bits per heavy atom. The maximum atomic E-state index is 12.1. The lowest BCUT2D eigenvalue weighted by Crippen LogP contribution is -2.22. The van der Waals surface area contributed by atoms with Crippen LogP contribution < -0.4 is 5.32 Å². The molecule has 2 aromatic rings. The SMILES string of the molecule is Cc1ccc(SS/C=C(\C(=O)NC=O)c2ccc(C)cc2)cc1. The summed E-state index contributed by atoms with van der Waals surface area (Å²) in [6.07, 6.45) is 0.405. The molecule has 0 aromatic heterocycles. The summed E-state index contributed by atoms with van der Waals surface area (Å²) in [5.41, 5.74) is 3.58. The van der Waals surface area contributed by atoms with Gasteiger partial charge in [0.25, 0.3) is 5.91 Å². The molecule has 0 radical (unpaired) electrons. The average Bonchev–Trinajstić information content (AvgIpc) is 2.55. The fourth-order valence-electron chi connectivity index (χ4n) is 1.84. The Labute approximate surface area is 144 Å². The van der Waals surface area contributed by atoms with Crippen LogP contribution >= 0.6 is 21.6 Å². The van der Waals surface area contributed by atoms with Gasteiger partial charge in [0.2, 0.25) is 6.41 Å². The molecule has 2 amide bonds. The van der Waals surface area contributed by atoms with E-state index in [9.17, 15) is 9.59 Å². The highest BCUT2D eigenvalue weighted by Crippen LogP contribution is 2.34. The third kappa shape index (κ3) is 5.30. The lowest BCUT2D eigenvalue weighted by molar-refractivity contribution is -0.121. The van der Waals surface area contributed by atoms with Gasteiger partial charge in [-0.25, -0.2) is 0 Å². The predicted molar refractivity (Wildman–Crippen MR) is 98.0 cm³/mol. The van der Waals surface area contributed by atoms with Gasteiger partial charge in [0, 0.05) is 4.90 Å². The van der Waals surface area contributed by atoms with Crippen molar-refractivity contribution < 1.29 is 9.59 Å². The largest absolute Gasteiger partial charge is 0.295 e. The number of carbonyl (C=O) groups is 2. The van der Waals surface area contributed by atoms with E-state index in [0.717, 1.165) is 16.0 Å². The van der Waals surface area contributed by atoms with Gasteiger partial charge in [0.1, 0.15) is 0 Å². The maximum Gasteiger partial charge on any atom is 0.258 e. The molecular weight excluding hydrogens is 326 g/mol. The Kier molecular flexibility index (Phi) is 6.50. The van der Waals surface area contributed by atoms with Crippen molar-refractivity contribution in [3.8, 4) is 0 Å². The lowest BCUT2D eigenvalue weighted by atomic mass is 10.1. The summed E-state index contributed by atoms with van der Waals surface area (Å²) < 4.78 is 0. The Hall–Kier alpha value is -1.98. The van der Waals surface area contributed by atoms with Crippen LogP contribution in [0.25, 0.3) is 5.57 Å². The second-order valence-electron chi connectivity index (χ2n) is 4.98. The van der Waals surface area contributed by atoms with Gasteiger partial charge in [-0.15, -0.1) is 0 Å². The Morgan fingerprint density at radius 3 is 2.09 bits per heavy atom. The Balaban J connectivity index is 2.15. The molecule has 2 aromatic carbocycles. The third-order valence-electron chi connectivity index (χ3n) is 3.13. The van der Waals surface area contributed by atoms with Crippen molar-refractivity contribution in [3.63, 3.8) is 0 Å². The monoisotopic (exact) mass is 343 g/mol. The van der Waals surface area contributed by atoms with Gasteiger partial charge in [-0.1, -0.05) is 69.1 Å². The number of hydrogen-bond acceptors (Lipinski definition) is 4. The number of amides is 2. The van der Waals surface area contributed by atoms with Crippen LogP contribution in [0.1, 0.15) is 16.7 Å². The molecule has 3 nitrogen and oxygen atoms in total. The van der Waals surface area contributed by atoms with Crippen molar-refractivity contribution in [3.05, 3.63) is 70.6 Å². The molecular formula is C18H17NO2S2. The molecule has 0 heterocycles. The molecule has 23 heavy (non-hydrogen) atoms. The number of aryl methyl sites for hydroxylation is 2. The van der Waals surface area contributed by atoms with E-state index in [1.54, 1.807) is 16.2 Å². The van der Waals surface area contributed by atoms with E-state index in [1.807, 2.05) is 62.4 Å². The lowest BCUT2D eigenvalue weighted by Gasteiger charge is -2.06. The summed E-state index contributed by atoms with van der Waals surface area (Å²) in [4.78, 5) is 23.8. The van der Waals surface area contributed by atoms with Crippen LogP contribution in [-0.2, 0) is 9.59 Å². The van der Waals surface area contributed by atoms with Crippen molar-refractivity contribution in [2.24, 2.45) is 0 Å². The van der Waals surface area contributed by atoms with Crippen molar-refractivity contribution in [1.82, 2.24) is 5.32 Å². The first-order chi connectivity index (χ1) is 11.1. The normalized spacial score (nSPS) is 11.1. The van der Waals surface area contributed by atoms with E-state index < -0.39 is 5.91 Å². The predicted octanol–water partition coefficient (Wildman–Crippen LogP) is 4.36. The van der Waals surface area contributed by atoms with Crippen LogP contribution in [0.15, 0.2) is 58.8 Å². The Bertz CT molecular complexity index is 707. The van der Waals surface area contributed by atoms with Crippen LogP contribution in [0.5, 0.6) is 0 Å². The highest BCUT2D eigenvalue weighted by molar-refractivity contribution is 8.77. The molecule has 0 bridgehead atoms. The standard InChI is InChI=1S/C18H17NO2S2/c1-13-3-7-15(8-4-13)17(18(21)19-12-20)11-22-23-16-9-5-14(2)6-10-16/h3-12H,1-2H3,(H,19,20,21)/b17-11-. The van der Waals surface area contributed by atoms with Crippen molar-refractivity contribution in [1.29, 1.82) is 0 Å². The fraction of sp³-hybridized carbons (Fsp3) is 0.111. The van der Waals surface area contributed by atoms with E-state index in [1.165, 1.54) is 16.4 Å². The van der Waals surface area contributed by atoms with Crippen LogP contribution in [0, 0.1) is 13.8 Å². The van der Waals surface area contributed by atoms with Crippen molar-refractivity contribution >= 4 is 39.5 Å². The third-order valence-corrected chi connectivity index (χ3v) is 5.18. The summed E-state index contributed by atoms with van der Waals surface area (Å²) in [6.45, 7) is 4.03. The molecule has 0 saturated heterocycles. The summed E-state index contributed by atoms with van der Waals surface area (Å²) >= 11 is 0. The van der Waals surface area contributed by atoms with Crippen molar-refractivity contribution in [2.45, 2.75) is 18.7 Å². The summed E-state index contributed by atoms with van der Waals surface area (Å²) in [5.74, 6) is -0.402. The molecule has 0 aliphatic heterocycles. The molecule has 0 aliphatic rings. The number of rotatable bonds is 6. The second kappa shape index (κ2) is 8.60. The first-order valence-electron chi connectivity index (χ1n) is 7.02. The average molecular weight is 343 g/mol. The van der Waals surface area contributed by atoms with E-state index >= 15 is 0 Å². The zero-order valence-corrected chi connectivity index (χ0v) is 14.5. The van der Waals surface area contributed by atoms with E-state index in [0.29, 0.717) is 12.0 Å². The molecule has 2 rings (SSSR count). The molecule has 0 spiro atoms. The van der Waals surface area contributed by atoms with Gasteiger partial charge in [-0.3, -0.25) is 14.9 Å². The van der Waals surface area contributed by atoms with E-state index in [4.69, 9.17) is 0 Å². The van der Waals surface area contributed by atoms with E-state index in [-0.39, 0.29) is 0 Å². The number of imide groups is 1. The summed E-state index contributed by atoms with van der Waals surface area (Å²) in [7, 11) is 3.01. The van der Waals surface area contributed by atoms with Gasteiger partial charge in [0.05, 0.1) is 5.57 Å². The first kappa shape index (κ1) is 17.4. The number of hydrogen-bond donors (Lipinski definition) is 1. The van der Waals surface area contributed by atoms with E-state index in [2.05, 4.69) is 5.32 Å². The first-order valence-corrected chi connectivity index (χ1v) is 9.23. The number of carbonyl (C=O) groups excluding carboxylic acids is 2. The molecule has 1 N–H and O–H groups in total. The molecule has 0 saturated carbocycles. The highest BCUT2D eigenvalue weighted by Gasteiger charge is 2.11. The van der Waals surface area contributed by atoms with Gasteiger partial charge in [0.15, 0.2) is 0 Å². The quantitative estimate of drug-likeness (QED) is 0.481. The molecule has 5 heteroatoms. The molecule has 118 valence electrons. The summed E-state index contributed by atoms with van der Waals surface area (Å²) in [5, 5.41) is 3.98. The smallest absolute Gasteiger partial charge is 0.258 e. The molecule has 0 aliphatic carbocycles. The minimum absolute atomic E-state index is 0.402. The number of nitrogens with one attached hydrogen (secondary N) is 1. The zero-order valence-electron chi connectivity index (χ0n) is 12.9. The highest BCUT2D eigenvalue weighted by atomic mass is 33.1. The maximum absolute atomic E-state index is 12.1. The van der Waals surface area contributed by atoms with Crippen LogP contribution in [-0.4, -0.2) is 12.3 Å². The summed E-state index contributed by atoms with van der Waals surface area (Å²) in [6, 6.07) is 15.8. The Morgan fingerprint density at radius 2 is 1.52 bits per heavy atom. The van der Waals surface area contributed by atoms with Gasteiger partial charge in [-0.05, 0) is 37.0 Å². The van der Waals surface area contributed by atoms with Gasteiger partial charge < -0.3 is 0 Å². The zero-order chi connectivity index (χ0) is 16.7. The van der Waals surface area contributed by atoms with Gasteiger partial charge in [-0.2, -0.15) is 0 Å². The molecule has 0 unspecified atom stereocenters. The van der Waals surface area contributed by atoms with Crippen molar-refractivity contribution in [2.75, 3.05) is 0 Å².